The molecule has 1 aliphatic rings. The van der Waals surface area contributed by atoms with E-state index in [1.165, 1.54) is 16.7 Å². The highest BCUT2D eigenvalue weighted by Crippen LogP contribution is 2.40. The average molecular weight is 389 g/mol. The molecule has 0 saturated carbocycles. The first-order valence-corrected chi connectivity index (χ1v) is 10.3. The largest absolute Gasteiger partial charge is 0.459 e. The number of rotatable bonds is 5. The molecule has 0 unspecified atom stereocenters. The first-order valence-electron chi connectivity index (χ1n) is 8.51. The molecular formula is C19H20N2O3S2. The zero-order chi connectivity index (χ0) is 17.9. The van der Waals surface area contributed by atoms with Gasteiger partial charge in [-0.2, -0.15) is 11.3 Å². The highest BCUT2D eigenvalue weighted by atomic mass is 32.1. The number of thiophene rings is 2. The molecule has 3 aromatic heterocycles. The zero-order valence-corrected chi connectivity index (χ0v) is 16.1. The molecule has 0 aromatic carbocycles. The van der Waals surface area contributed by atoms with Gasteiger partial charge in [0.25, 0.3) is 5.91 Å². The van der Waals surface area contributed by atoms with Gasteiger partial charge < -0.3 is 14.5 Å². The molecular weight excluding hydrogens is 368 g/mol. The van der Waals surface area contributed by atoms with Crippen LogP contribution in [0.3, 0.4) is 0 Å². The summed E-state index contributed by atoms with van der Waals surface area (Å²) in [5, 5.41) is 8.21. The van der Waals surface area contributed by atoms with Crippen molar-refractivity contribution in [3.8, 4) is 0 Å². The van der Waals surface area contributed by atoms with Crippen molar-refractivity contribution >= 4 is 33.6 Å². The summed E-state index contributed by atoms with van der Waals surface area (Å²) < 4.78 is 10.8. The summed E-state index contributed by atoms with van der Waals surface area (Å²) in [6.07, 6.45) is 1.51. The summed E-state index contributed by atoms with van der Waals surface area (Å²) >= 11 is 3.30. The SMILES string of the molecule is Cc1cc([C@H](c2ccsc2)N2CCOCC2)c(NC(=O)c2ccco2)s1. The monoisotopic (exact) mass is 388 g/mol. The van der Waals surface area contributed by atoms with E-state index in [0.29, 0.717) is 5.76 Å². The molecule has 3 aromatic rings. The van der Waals surface area contributed by atoms with Crippen molar-refractivity contribution in [1.29, 1.82) is 0 Å². The number of hydrogen-bond donors (Lipinski definition) is 1. The van der Waals surface area contributed by atoms with E-state index in [0.717, 1.165) is 36.9 Å². The third kappa shape index (κ3) is 3.61. The molecule has 26 heavy (non-hydrogen) atoms. The Bertz CT molecular complexity index is 850. The van der Waals surface area contributed by atoms with Crippen LogP contribution in [0.4, 0.5) is 5.00 Å². The standard InChI is InChI=1S/C19H20N2O3S2/c1-13-11-15(19(26-13)20-18(22)16-3-2-7-24-16)17(14-4-10-25-12-14)21-5-8-23-9-6-21/h2-4,7,10-12,17H,5-6,8-9H2,1H3,(H,20,22)/t17-/m0/s1. The quantitative estimate of drug-likeness (QED) is 0.704. The first-order chi connectivity index (χ1) is 12.7. The highest BCUT2D eigenvalue weighted by Gasteiger charge is 2.28. The Kier molecular flexibility index (Phi) is 5.21. The van der Waals surface area contributed by atoms with E-state index >= 15 is 0 Å². The van der Waals surface area contributed by atoms with Gasteiger partial charge in [-0.3, -0.25) is 9.69 Å². The predicted octanol–water partition coefficient (Wildman–Crippen LogP) is 4.38. The summed E-state index contributed by atoms with van der Waals surface area (Å²) in [4.78, 5) is 16.1. The number of amides is 1. The summed E-state index contributed by atoms with van der Waals surface area (Å²) in [5.41, 5.74) is 2.39. The minimum Gasteiger partial charge on any atom is -0.459 e. The Labute approximate surface area is 160 Å². The van der Waals surface area contributed by atoms with Gasteiger partial charge >= 0.3 is 0 Å². The molecule has 0 bridgehead atoms. The molecule has 1 saturated heterocycles. The maximum Gasteiger partial charge on any atom is 0.291 e. The number of anilines is 1. The molecule has 5 nitrogen and oxygen atoms in total. The third-order valence-electron chi connectivity index (χ3n) is 4.42. The van der Waals surface area contributed by atoms with Crippen LogP contribution in [0.5, 0.6) is 0 Å². The minimum atomic E-state index is -0.218. The second-order valence-electron chi connectivity index (χ2n) is 6.18. The molecule has 1 aliphatic heterocycles. The van der Waals surface area contributed by atoms with Crippen molar-refractivity contribution in [1.82, 2.24) is 4.90 Å². The van der Waals surface area contributed by atoms with Gasteiger partial charge in [-0.05, 0) is 47.5 Å². The van der Waals surface area contributed by atoms with E-state index in [1.54, 1.807) is 34.8 Å². The summed E-state index contributed by atoms with van der Waals surface area (Å²) in [7, 11) is 0. The Morgan fingerprint density at radius 1 is 1.31 bits per heavy atom. The van der Waals surface area contributed by atoms with Gasteiger partial charge in [0.05, 0.1) is 25.5 Å². The Morgan fingerprint density at radius 3 is 2.85 bits per heavy atom. The molecule has 0 spiro atoms. The van der Waals surface area contributed by atoms with E-state index in [4.69, 9.17) is 9.15 Å². The maximum absolute atomic E-state index is 12.5. The molecule has 4 heterocycles. The number of carbonyl (C=O) groups excluding carboxylic acids is 1. The van der Waals surface area contributed by atoms with Gasteiger partial charge in [-0.25, -0.2) is 0 Å². The Hall–Kier alpha value is -1.93. The van der Waals surface area contributed by atoms with Crippen LogP contribution in [0.1, 0.15) is 32.6 Å². The lowest BCUT2D eigenvalue weighted by atomic mass is 10.0. The van der Waals surface area contributed by atoms with Gasteiger partial charge in [0, 0.05) is 23.5 Å². The molecule has 136 valence electrons. The van der Waals surface area contributed by atoms with Gasteiger partial charge in [0.2, 0.25) is 0 Å². The van der Waals surface area contributed by atoms with Gasteiger partial charge in [-0.1, -0.05) is 0 Å². The van der Waals surface area contributed by atoms with Crippen LogP contribution < -0.4 is 5.32 Å². The van der Waals surface area contributed by atoms with Gasteiger partial charge in [-0.15, -0.1) is 11.3 Å². The summed E-state index contributed by atoms with van der Waals surface area (Å²) in [5.74, 6) is 0.101. The van der Waals surface area contributed by atoms with Crippen molar-refractivity contribution in [2.45, 2.75) is 13.0 Å². The number of aryl methyl sites for hydroxylation is 1. The van der Waals surface area contributed by atoms with Crippen molar-refractivity contribution in [2.75, 3.05) is 31.6 Å². The number of hydrogen-bond acceptors (Lipinski definition) is 6. The number of morpholine rings is 1. The molecule has 0 radical (unpaired) electrons. The lowest BCUT2D eigenvalue weighted by Gasteiger charge is -2.34. The summed E-state index contributed by atoms with van der Waals surface area (Å²) in [6, 6.07) is 7.85. The van der Waals surface area contributed by atoms with E-state index in [-0.39, 0.29) is 11.9 Å². The first kappa shape index (κ1) is 17.5. The molecule has 0 aliphatic carbocycles. The molecule has 1 atom stereocenters. The number of nitrogens with zero attached hydrogens (tertiary/aromatic N) is 1. The Balaban J connectivity index is 1.68. The molecule has 4 rings (SSSR count). The fourth-order valence-corrected chi connectivity index (χ4v) is 4.88. The number of carbonyl (C=O) groups is 1. The number of nitrogens with one attached hydrogen (secondary N) is 1. The van der Waals surface area contributed by atoms with Crippen LogP contribution in [-0.2, 0) is 4.74 Å². The summed E-state index contributed by atoms with van der Waals surface area (Å²) in [6.45, 7) is 5.29. The van der Waals surface area contributed by atoms with E-state index in [9.17, 15) is 4.79 Å². The van der Waals surface area contributed by atoms with Crippen molar-refractivity contribution in [2.24, 2.45) is 0 Å². The van der Waals surface area contributed by atoms with Crippen LogP contribution in [-0.4, -0.2) is 37.1 Å². The molecule has 1 N–H and O–H groups in total. The van der Waals surface area contributed by atoms with E-state index in [1.807, 2.05) is 0 Å². The second kappa shape index (κ2) is 7.75. The topological polar surface area (TPSA) is 54.7 Å². The number of furan rings is 1. The molecule has 7 heteroatoms. The van der Waals surface area contributed by atoms with Crippen LogP contribution in [0, 0.1) is 6.92 Å². The van der Waals surface area contributed by atoms with E-state index < -0.39 is 0 Å². The van der Waals surface area contributed by atoms with Gasteiger partial charge in [0.15, 0.2) is 5.76 Å². The zero-order valence-electron chi connectivity index (χ0n) is 14.4. The van der Waals surface area contributed by atoms with Crippen molar-refractivity contribution in [3.63, 3.8) is 0 Å². The smallest absolute Gasteiger partial charge is 0.291 e. The predicted molar refractivity (Wildman–Crippen MR) is 104 cm³/mol. The number of ether oxygens (including phenoxy) is 1. The fourth-order valence-electron chi connectivity index (χ4n) is 3.26. The maximum atomic E-state index is 12.5. The van der Waals surface area contributed by atoms with Crippen LogP contribution >= 0.6 is 22.7 Å². The van der Waals surface area contributed by atoms with E-state index in [2.05, 4.69) is 40.0 Å². The van der Waals surface area contributed by atoms with Gasteiger partial charge in [0.1, 0.15) is 5.00 Å². The van der Waals surface area contributed by atoms with Crippen LogP contribution in [0.15, 0.2) is 45.7 Å². The van der Waals surface area contributed by atoms with Crippen molar-refractivity contribution < 1.29 is 13.9 Å². The average Bonchev–Trinajstić information content (AvgIpc) is 3.39. The lowest BCUT2D eigenvalue weighted by Crippen LogP contribution is -2.39. The normalized spacial score (nSPS) is 16.5. The highest BCUT2D eigenvalue weighted by molar-refractivity contribution is 7.16. The second-order valence-corrected chi connectivity index (χ2v) is 8.22. The lowest BCUT2D eigenvalue weighted by molar-refractivity contribution is 0.0242. The Morgan fingerprint density at radius 2 is 2.15 bits per heavy atom. The molecule has 1 amide bonds. The van der Waals surface area contributed by atoms with Crippen LogP contribution in [0.25, 0.3) is 0 Å². The molecule has 1 fully saturated rings. The fraction of sp³-hybridized carbons (Fsp3) is 0.316. The van der Waals surface area contributed by atoms with Crippen molar-refractivity contribution in [3.05, 3.63) is 63.1 Å². The minimum absolute atomic E-state index is 0.113. The van der Waals surface area contributed by atoms with Crippen LogP contribution in [0.2, 0.25) is 0 Å². The third-order valence-corrected chi connectivity index (χ3v) is 6.10.